The largest absolute Gasteiger partial charge is 0.465 e. The van der Waals surface area contributed by atoms with Gasteiger partial charge in [0.1, 0.15) is 6.04 Å². The number of carbonyl (C=O) groups excluding carboxylic acids is 1. The summed E-state index contributed by atoms with van der Waals surface area (Å²) in [5, 5.41) is 0. The van der Waals surface area contributed by atoms with Gasteiger partial charge in [-0.3, -0.25) is 9.69 Å². The third kappa shape index (κ3) is 4.13. The van der Waals surface area contributed by atoms with Crippen LogP contribution in [0.5, 0.6) is 0 Å². The molecule has 0 heterocycles. The predicted molar refractivity (Wildman–Crippen MR) is 71.7 cm³/mol. The van der Waals surface area contributed by atoms with Gasteiger partial charge in [0.2, 0.25) is 0 Å². The SMILES string of the molecule is CCOC(=O)C(C)N(C)Cc1ccccc1Br. The molecule has 4 heteroatoms. The first-order valence-electron chi connectivity index (χ1n) is 5.66. The number of benzene rings is 1. The summed E-state index contributed by atoms with van der Waals surface area (Å²) in [5.41, 5.74) is 1.16. The molecule has 0 spiro atoms. The molecule has 1 aromatic rings. The van der Waals surface area contributed by atoms with E-state index in [2.05, 4.69) is 15.9 Å². The summed E-state index contributed by atoms with van der Waals surface area (Å²) in [5.74, 6) is -0.179. The van der Waals surface area contributed by atoms with E-state index in [-0.39, 0.29) is 12.0 Å². The van der Waals surface area contributed by atoms with Crippen molar-refractivity contribution < 1.29 is 9.53 Å². The van der Waals surface area contributed by atoms with Crippen molar-refractivity contribution in [1.29, 1.82) is 0 Å². The van der Waals surface area contributed by atoms with Crippen LogP contribution in [-0.4, -0.2) is 30.6 Å². The number of esters is 1. The second kappa shape index (κ2) is 6.77. The zero-order valence-corrected chi connectivity index (χ0v) is 12.0. The molecule has 3 nitrogen and oxygen atoms in total. The van der Waals surface area contributed by atoms with E-state index in [0.717, 1.165) is 10.0 Å². The molecule has 0 saturated carbocycles. The molecule has 1 rings (SSSR count). The lowest BCUT2D eigenvalue weighted by molar-refractivity contribution is -0.148. The first-order chi connectivity index (χ1) is 8.06. The van der Waals surface area contributed by atoms with Crippen molar-refractivity contribution in [2.75, 3.05) is 13.7 Å². The highest BCUT2D eigenvalue weighted by atomic mass is 79.9. The van der Waals surface area contributed by atoms with Gasteiger partial charge in [0.05, 0.1) is 6.61 Å². The van der Waals surface area contributed by atoms with Gasteiger partial charge < -0.3 is 4.74 Å². The van der Waals surface area contributed by atoms with Crippen LogP contribution in [0.25, 0.3) is 0 Å². The molecule has 1 atom stereocenters. The molecule has 0 N–H and O–H groups in total. The Morgan fingerprint density at radius 3 is 2.71 bits per heavy atom. The van der Waals surface area contributed by atoms with Gasteiger partial charge in [0.25, 0.3) is 0 Å². The van der Waals surface area contributed by atoms with Crippen molar-refractivity contribution in [2.24, 2.45) is 0 Å². The minimum Gasteiger partial charge on any atom is -0.465 e. The van der Waals surface area contributed by atoms with Crippen molar-refractivity contribution in [3.05, 3.63) is 34.3 Å². The third-order valence-electron chi connectivity index (χ3n) is 2.67. The second-order valence-corrected chi connectivity index (χ2v) is 4.79. The summed E-state index contributed by atoms with van der Waals surface area (Å²) in [6, 6.07) is 7.77. The van der Waals surface area contributed by atoms with Crippen LogP contribution in [-0.2, 0) is 16.1 Å². The summed E-state index contributed by atoms with van der Waals surface area (Å²) >= 11 is 3.50. The number of rotatable bonds is 5. The highest BCUT2D eigenvalue weighted by Gasteiger charge is 2.19. The fourth-order valence-electron chi connectivity index (χ4n) is 1.48. The van der Waals surface area contributed by atoms with Gasteiger partial charge in [-0.05, 0) is 32.5 Å². The number of hydrogen-bond acceptors (Lipinski definition) is 3. The van der Waals surface area contributed by atoms with Crippen LogP contribution < -0.4 is 0 Å². The number of ether oxygens (including phenoxy) is 1. The fraction of sp³-hybridized carbons (Fsp3) is 0.462. The molecule has 1 unspecified atom stereocenters. The summed E-state index contributed by atoms with van der Waals surface area (Å²) in [6.07, 6.45) is 0. The van der Waals surface area contributed by atoms with Crippen molar-refractivity contribution >= 4 is 21.9 Å². The maximum Gasteiger partial charge on any atom is 0.323 e. The van der Waals surface area contributed by atoms with Crippen LogP contribution in [0, 0.1) is 0 Å². The number of hydrogen-bond donors (Lipinski definition) is 0. The summed E-state index contributed by atoms with van der Waals surface area (Å²) in [4.78, 5) is 13.6. The monoisotopic (exact) mass is 299 g/mol. The summed E-state index contributed by atoms with van der Waals surface area (Å²) in [7, 11) is 1.92. The molecule has 0 saturated heterocycles. The van der Waals surface area contributed by atoms with E-state index < -0.39 is 0 Å². The second-order valence-electron chi connectivity index (χ2n) is 3.93. The number of carbonyl (C=O) groups is 1. The molecule has 1 aromatic carbocycles. The lowest BCUT2D eigenvalue weighted by atomic mass is 10.2. The van der Waals surface area contributed by atoms with Crippen LogP contribution in [0.15, 0.2) is 28.7 Å². The van der Waals surface area contributed by atoms with E-state index in [1.54, 1.807) is 0 Å². The normalized spacial score (nSPS) is 12.5. The standard InChI is InChI=1S/C13H18BrNO2/c1-4-17-13(16)10(2)15(3)9-11-7-5-6-8-12(11)14/h5-8,10H,4,9H2,1-3H3. The highest BCUT2D eigenvalue weighted by Crippen LogP contribution is 2.18. The fourth-order valence-corrected chi connectivity index (χ4v) is 1.89. The molecule has 0 radical (unpaired) electrons. The van der Waals surface area contributed by atoms with Crippen LogP contribution in [0.3, 0.4) is 0 Å². The smallest absolute Gasteiger partial charge is 0.323 e. The topological polar surface area (TPSA) is 29.5 Å². The first kappa shape index (κ1) is 14.2. The summed E-state index contributed by atoms with van der Waals surface area (Å²) in [6.45, 7) is 4.81. The van der Waals surface area contributed by atoms with Crippen LogP contribution in [0.4, 0.5) is 0 Å². The molecular formula is C13H18BrNO2. The molecule has 17 heavy (non-hydrogen) atoms. The van der Waals surface area contributed by atoms with E-state index in [1.807, 2.05) is 50.1 Å². The maximum atomic E-state index is 11.6. The average Bonchev–Trinajstić information content (AvgIpc) is 2.31. The average molecular weight is 300 g/mol. The molecule has 0 amide bonds. The molecular weight excluding hydrogens is 282 g/mol. The number of likely N-dealkylation sites (N-methyl/N-ethyl adjacent to an activating group) is 1. The molecule has 0 aromatic heterocycles. The van der Waals surface area contributed by atoms with Gasteiger partial charge in [-0.2, -0.15) is 0 Å². The molecule has 0 bridgehead atoms. The van der Waals surface area contributed by atoms with E-state index in [0.29, 0.717) is 13.2 Å². The van der Waals surface area contributed by atoms with Gasteiger partial charge in [-0.15, -0.1) is 0 Å². The number of nitrogens with zero attached hydrogens (tertiary/aromatic N) is 1. The van der Waals surface area contributed by atoms with Crippen molar-refractivity contribution in [3.63, 3.8) is 0 Å². The maximum absolute atomic E-state index is 11.6. The van der Waals surface area contributed by atoms with Gasteiger partial charge in [-0.1, -0.05) is 34.1 Å². The van der Waals surface area contributed by atoms with Gasteiger partial charge in [0.15, 0.2) is 0 Å². The first-order valence-corrected chi connectivity index (χ1v) is 6.45. The predicted octanol–water partition coefficient (Wildman–Crippen LogP) is 2.83. The molecule has 0 aliphatic heterocycles. The Labute approximate surface area is 111 Å². The van der Waals surface area contributed by atoms with Crippen LogP contribution >= 0.6 is 15.9 Å². The highest BCUT2D eigenvalue weighted by molar-refractivity contribution is 9.10. The van der Waals surface area contributed by atoms with Crippen molar-refractivity contribution in [1.82, 2.24) is 4.90 Å². The van der Waals surface area contributed by atoms with E-state index in [9.17, 15) is 4.79 Å². The van der Waals surface area contributed by atoms with Crippen LogP contribution in [0.2, 0.25) is 0 Å². The van der Waals surface area contributed by atoms with Crippen molar-refractivity contribution in [2.45, 2.75) is 26.4 Å². The minimum absolute atomic E-state index is 0.179. The van der Waals surface area contributed by atoms with Gasteiger partial charge in [0, 0.05) is 11.0 Å². The molecule has 94 valence electrons. The van der Waals surface area contributed by atoms with Crippen LogP contribution in [0.1, 0.15) is 19.4 Å². The lowest BCUT2D eigenvalue weighted by Crippen LogP contribution is -2.36. The Bertz CT molecular complexity index is 381. The van der Waals surface area contributed by atoms with Gasteiger partial charge in [-0.25, -0.2) is 0 Å². The summed E-state index contributed by atoms with van der Waals surface area (Å²) < 4.78 is 6.06. The van der Waals surface area contributed by atoms with E-state index in [4.69, 9.17) is 4.74 Å². The zero-order valence-electron chi connectivity index (χ0n) is 10.4. The van der Waals surface area contributed by atoms with E-state index >= 15 is 0 Å². The molecule has 0 fully saturated rings. The lowest BCUT2D eigenvalue weighted by Gasteiger charge is -2.23. The quantitative estimate of drug-likeness (QED) is 0.783. The third-order valence-corrected chi connectivity index (χ3v) is 3.44. The van der Waals surface area contributed by atoms with Crippen molar-refractivity contribution in [3.8, 4) is 0 Å². The molecule has 0 aliphatic carbocycles. The Balaban J connectivity index is 2.63. The van der Waals surface area contributed by atoms with E-state index in [1.165, 1.54) is 0 Å². The Kier molecular flexibility index (Phi) is 5.65. The zero-order chi connectivity index (χ0) is 12.8. The Hall–Kier alpha value is -0.870. The number of halogens is 1. The minimum atomic E-state index is -0.234. The van der Waals surface area contributed by atoms with Gasteiger partial charge >= 0.3 is 5.97 Å². The Morgan fingerprint density at radius 1 is 1.47 bits per heavy atom. The molecule has 0 aliphatic rings. The Morgan fingerprint density at radius 2 is 2.12 bits per heavy atom.